The number of alkyl halides is 3. The van der Waals surface area contributed by atoms with Crippen LogP contribution in [0.1, 0.15) is 31.2 Å². The standard InChI is InChI=1S/C23H22F3N5O/c24-23(25,26)15-9-11-16(12-10-15)29-19(32)8-2-1-5-13-31-14-28-20-21(31)17-6-3-4-7-18(17)30-22(20)27/h3-4,6-7,9-12,14H,1-2,5,8,13H2,(H2,27,30)(H,29,32). The van der Waals surface area contributed by atoms with Crippen molar-refractivity contribution >= 4 is 39.3 Å². The van der Waals surface area contributed by atoms with Gasteiger partial charge in [-0.2, -0.15) is 13.2 Å². The van der Waals surface area contributed by atoms with Crippen LogP contribution in [0.3, 0.4) is 0 Å². The van der Waals surface area contributed by atoms with Crippen molar-refractivity contribution in [3.63, 3.8) is 0 Å². The molecule has 2 aromatic carbocycles. The van der Waals surface area contributed by atoms with E-state index >= 15 is 0 Å². The Bertz CT molecular complexity index is 1250. The van der Waals surface area contributed by atoms with Gasteiger partial charge >= 0.3 is 6.18 Å². The second-order valence-corrected chi connectivity index (χ2v) is 7.58. The van der Waals surface area contributed by atoms with Gasteiger partial charge in [-0.15, -0.1) is 0 Å². The zero-order valence-electron chi connectivity index (χ0n) is 17.2. The molecule has 0 saturated heterocycles. The van der Waals surface area contributed by atoms with Gasteiger partial charge in [-0.25, -0.2) is 9.97 Å². The van der Waals surface area contributed by atoms with Crippen LogP contribution >= 0.6 is 0 Å². The molecule has 3 N–H and O–H groups in total. The molecule has 0 aliphatic carbocycles. The SMILES string of the molecule is Nc1nc2ccccc2c2c1ncn2CCCCCC(=O)Nc1ccc(C(F)(F)F)cc1. The van der Waals surface area contributed by atoms with Crippen molar-refractivity contribution in [3.05, 3.63) is 60.4 Å². The first kappa shape index (κ1) is 21.6. The van der Waals surface area contributed by atoms with E-state index in [9.17, 15) is 18.0 Å². The number of carbonyl (C=O) groups is 1. The molecular weight excluding hydrogens is 419 g/mol. The van der Waals surface area contributed by atoms with Crippen LogP contribution in [0.2, 0.25) is 0 Å². The Morgan fingerprint density at radius 2 is 1.78 bits per heavy atom. The topological polar surface area (TPSA) is 85.8 Å². The van der Waals surface area contributed by atoms with Gasteiger partial charge in [-0.05, 0) is 43.2 Å². The Kier molecular flexibility index (Phi) is 5.98. The Morgan fingerprint density at radius 1 is 1.03 bits per heavy atom. The summed E-state index contributed by atoms with van der Waals surface area (Å²) in [6.07, 6.45) is -0.00665. The van der Waals surface area contributed by atoms with Crippen LogP contribution in [0.4, 0.5) is 24.7 Å². The van der Waals surface area contributed by atoms with Gasteiger partial charge in [0.15, 0.2) is 5.82 Å². The maximum Gasteiger partial charge on any atom is 0.416 e. The summed E-state index contributed by atoms with van der Waals surface area (Å²) in [6, 6.07) is 12.2. The van der Waals surface area contributed by atoms with E-state index in [0.29, 0.717) is 29.9 Å². The normalized spacial score (nSPS) is 11.8. The highest BCUT2D eigenvalue weighted by Crippen LogP contribution is 2.30. The number of unbranched alkanes of at least 4 members (excludes halogenated alkanes) is 2. The molecule has 32 heavy (non-hydrogen) atoms. The summed E-state index contributed by atoms with van der Waals surface area (Å²) >= 11 is 0. The number of hydrogen-bond acceptors (Lipinski definition) is 4. The minimum Gasteiger partial charge on any atom is -0.382 e. The van der Waals surface area contributed by atoms with Gasteiger partial charge in [0.2, 0.25) is 5.91 Å². The van der Waals surface area contributed by atoms with E-state index < -0.39 is 11.7 Å². The van der Waals surface area contributed by atoms with E-state index in [-0.39, 0.29) is 5.91 Å². The molecule has 9 heteroatoms. The van der Waals surface area contributed by atoms with Gasteiger partial charge in [0.25, 0.3) is 0 Å². The molecule has 4 rings (SSSR count). The number of nitrogens with two attached hydrogens (primary N) is 1. The predicted molar refractivity (Wildman–Crippen MR) is 118 cm³/mol. The molecule has 0 spiro atoms. The molecule has 0 aliphatic heterocycles. The molecule has 1 amide bonds. The number of anilines is 2. The minimum atomic E-state index is -4.39. The van der Waals surface area contributed by atoms with E-state index in [0.717, 1.165) is 47.9 Å². The lowest BCUT2D eigenvalue weighted by Crippen LogP contribution is -2.12. The van der Waals surface area contributed by atoms with E-state index in [4.69, 9.17) is 5.73 Å². The number of para-hydroxylation sites is 1. The first-order valence-corrected chi connectivity index (χ1v) is 10.3. The fourth-order valence-electron chi connectivity index (χ4n) is 3.69. The highest BCUT2D eigenvalue weighted by atomic mass is 19.4. The maximum absolute atomic E-state index is 12.6. The Labute approximate surface area is 182 Å². The van der Waals surface area contributed by atoms with Crippen molar-refractivity contribution in [3.8, 4) is 0 Å². The number of aryl methyl sites for hydroxylation is 1. The first-order chi connectivity index (χ1) is 15.3. The molecule has 4 aromatic rings. The van der Waals surface area contributed by atoms with Gasteiger partial charge in [0.1, 0.15) is 5.52 Å². The molecule has 0 unspecified atom stereocenters. The number of halogens is 3. The lowest BCUT2D eigenvalue weighted by Gasteiger charge is -2.09. The van der Waals surface area contributed by atoms with Crippen molar-refractivity contribution < 1.29 is 18.0 Å². The summed E-state index contributed by atoms with van der Waals surface area (Å²) < 4.78 is 39.9. The third-order valence-corrected chi connectivity index (χ3v) is 5.28. The second-order valence-electron chi connectivity index (χ2n) is 7.58. The predicted octanol–water partition coefficient (Wildman–Crippen LogP) is 5.38. The molecule has 2 aromatic heterocycles. The average molecular weight is 441 g/mol. The van der Waals surface area contributed by atoms with Gasteiger partial charge in [-0.1, -0.05) is 24.6 Å². The largest absolute Gasteiger partial charge is 0.416 e. The number of amides is 1. The Hall–Kier alpha value is -3.62. The first-order valence-electron chi connectivity index (χ1n) is 10.3. The lowest BCUT2D eigenvalue weighted by atomic mass is 10.1. The summed E-state index contributed by atoms with van der Waals surface area (Å²) in [6.45, 7) is 0.727. The van der Waals surface area contributed by atoms with E-state index in [1.807, 2.05) is 24.3 Å². The second kappa shape index (κ2) is 8.86. The summed E-state index contributed by atoms with van der Waals surface area (Å²) in [5, 5.41) is 3.62. The number of carbonyl (C=O) groups excluding carboxylic acids is 1. The molecule has 0 aliphatic rings. The molecule has 0 radical (unpaired) electrons. The molecule has 0 saturated carbocycles. The fourth-order valence-corrected chi connectivity index (χ4v) is 3.69. The number of benzene rings is 2. The summed E-state index contributed by atoms with van der Waals surface area (Å²) in [5.41, 5.74) is 8.11. The van der Waals surface area contributed by atoms with Crippen molar-refractivity contribution in [2.45, 2.75) is 38.4 Å². The number of aromatic nitrogens is 3. The third-order valence-electron chi connectivity index (χ3n) is 5.28. The van der Waals surface area contributed by atoms with Crippen LogP contribution in [-0.2, 0) is 17.5 Å². The monoisotopic (exact) mass is 441 g/mol. The maximum atomic E-state index is 12.6. The molecule has 0 fully saturated rings. The molecule has 166 valence electrons. The quantitative estimate of drug-likeness (QED) is 0.377. The van der Waals surface area contributed by atoms with Gasteiger partial charge < -0.3 is 15.6 Å². The van der Waals surface area contributed by atoms with E-state index in [1.165, 1.54) is 12.1 Å². The smallest absolute Gasteiger partial charge is 0.382 e. The van der Waals surface area contributed by atoms with Crippen LogP contribution in [-0.4, -0.2) is 20.4 Å². The minimum absolute atomic E-state index is 0.220. The average Bonchev–Trinajstić information content (AvgIpc) is 3.18. The highest BCUT2D eigenvalue weighted by molar-refractivity contribution is 6.06. The number of nitrogens with one attached hydrogen (secondary N) is 1. The van der Waals surface area contributed by atoms with Crippen molar-refractivity contribution in [1.82, 2.24) is 14.5 Å². The number of hydrogen-bond donors (Lipinski definition) is 2. The van der Waals surface area contributed by atoms with Crippen molar-refractivity contribution in [1.29, 1.82) is 0 Å². The summed E-state index contributed by atoms with van der Waals surface area (Å²) in [4.78, 5) is 20.9. The zero-order chi connectivity index (χ0) is 22.7. The summed E-state index contributed by atoms with van der Waals surface area (Å²) in [5.74, 6) is 0.181. The van der Waals surface area contributed by atoms with Crippen molar-refractivity contribution in [2.75, 3.05) is 11.1 Å². The lowest BCUT2D eigenvalue weighted by molar-refractivity contribution is -0.137. The molecule has 6 nitrogen and oxygen atoms in total. The van der Waals surface area contributed by atoms with Crippen molar-refractivity contribution in [2.24, 2.45) is 0 Å². The number of fused-ring (bicyclic) bond motifs is 3. The molecular formula is C23H22F3N5O. The number of nitrogen functional groups attached to an aromatic ring is 1. The number of pyridine rings is 1. The third kappa shape index (κ3) is 4.66. The summed E-state index contributed by atoms with van der Waals surface area (Å²) in [7, 11) is 0. The van der Waals surface area contributed by atoms with Crippen LogP contribution in [0, 0.1) is 0 Å². The number of rotatable bonds is 7. The fraction of sp³-hybridized carbons (Fsp3) is 0.261. The number of imidazole rings is 1. The van der Waals surface area contributed by atoms with Gasteiger partial charge in [0.05, 0.1) is 22.9 Å². The van der Waals surface area contributed by atoms with Crippen LogP contribution in [0.5, 0.6) is 0 Å². The zero-order valence-corrected chi connectivity index (χ0v) is 17.2. The van der Waals surface area contributed by atoms with Gasteiger partial charge in [0, 0.05) is 24.0 Å². The van der Waals surface area contributed by atoms with Crippen LogP contribution < -0.4 is 11.1 Å². The van der Waals surface area contributed by atoms with Crippen LogP contribution in [0.25, 0.3) is 21.9 Å². The van der Waals surface area contributed by atoms with Crippen LogP contribution in [0.15, 0.2) is 54.9 Å². The molecule has 0 bridgehead atoms. The van der Waals surface area contributed by atoms with Gasteiger partial charge in [-0.3, -0.25) is 4.79 Å². The highest BCUT2D eigenvalue weighted by Gasteiger charge is 2.29. The Morgan fingerprint density at radius 3 is 2.53 bits per heavy atom. The van der Waals surface area contributed by atoms with E-state index in [1.54, 1.807) is 6.33 Å². The molecule has 2 heterocycles. The number of nitrogens with zero attached hydrogens (tertiary/aromatic N) is 3. The van der Waals surface area contributed by atoms with E-state index in [2.05, 4.69) is 19.9 Å². The molecule has 0 atom stereocenters. The Balaban J connectivity index is 1.29.